The smallest absolute Gasteiger partial charge is 0.339 e. The van der Waals surface area contributed by atoms with Crippen molar-refractivity contribution in [3.63, 3.8) is 0 Å². The third-order valence-corrected chi connectivity index (χ3v) is 7.83. The SMILES string of the molecule is CC(Cc1c[nH]c2ccc(OS(=O)(=O)c3ccc4ccccc4c3)cc12)C(=O)N1CCC[C@H]1C#N.S.S. The minimum atomic E-state index is -4.03. The van der Waals surface area contributed by atoms with E-state index in [2.05, 4.69) is 11.1 Å². The van der Waals surface area contributed by atoms with E-state index >= 15 is 0 Å². The minimum Gasteiger partial charge on any atom is -0.379 e. The summed E-state index contributed by atoms with van der Waals surface area (Å²) in [6.07, 6.45) is 3.86. The lowest BCUT2D eigenvalue weighted by molar-refractivity contribution is -0.134. The molecule has 2 atom stereocenters. The molecule has 1 amide bonds. The lowest BCUT2D eigenvalue weighted by Gasteiger charge is -2.23. The summed E-state index contributed by atoms with van der Waals surface area (Å²) in [5.74, 6) is -0.141. The highest BCUT2D eigenvalue weighted by molar-refractivity contribution is 7.87. The van der Waals surface area contributed by atoms with Crippen molar-refractivity contribution in [3.05, 3.63) is 72.4 Å². The minimum absolute atomic E-state index is 0. The van der Waals surface area contributed by atoms with Crippen molar-refractivity contribution in [2.75, 3.05) is 6.54 Å². The molecule has 0 aliphatic carbocycles. The Bertz CT molecular complexity index is 1580. The zero-order valence-electron chi connectivity index (χ0n) is 20.3. The van der Waals surface area contributed by atoms with E-state index in [1.54, 1.807) is 35.2 Å². The molecule has 1 unspecified atom stereocenters. The fraction of sp³-hybridized carbons (Fsp3) is 0.259. The molecular formula is C27H29N3O4S3. The van der Waals surface area contributed by atoms with Crippen molar-refractivity contribution in [1.29, 1.82) is 5.26 Å². The highest BCUT2D eigenvalue weighted by Gasteiger charge is 2.31. The molecule has 4 aromatic rings. The predicted octanol–water partition coefficient (Wildman–Crippen LogP) is 5.01. The topological polar surface area (TPSA) is 103 Å². The number of hydrogen-bond acceptors (Lipinski definition) is 5. The van der Waals surface area contributed by atoms with Crippen LogP contribution < -0.4 is 4.18 Å². The fourth-order valence-electron chi connectivity index (χ4n) is 4.74. The van der Waals surface area contributed by atoms with Crippen molar-refractivity contribution >= 4 is 64.7 Å². The summed E-state index contributed by atoms with van der Waals surface area (Å²) < 4.78 is 31.4. The summed E-state index contributed by atoms with van der Waals surface area (Å²) in [6, 6.07) is 19.4. The van der Waals surface area contributed by atoms with Gasteiger partial charge in [0, 0.05) is 29.6 Å². The number of nitriles is 1. The van der Waals surface area contributed by atoms with Crippen LogP contribution >= 0.6 is 27.0 Å². The van der Waals surface area contributed by atoms with Crippen LogP contribution in [0.15, 0.2) is 71.8 Å². The highest BCUT2D eigenvalue weighted by atomic mass is 32.2. The second kappa shape index (κ2) is 11.5. The summed E-state index contributed by atoms with van der Waals surface area (Å²) in [5, 5.41) is 11.9. The number of nitrogens with zero attached hydrogens (tertiary/aromatic N) is 2. The normalized spacial score (nSPS) is 16.0. The van der Waals surface area contributed by atoms with E-state index < -0.39 is 10.1 Å². The molecule has 1 N–H and O–H groups in total. The van der Waals surface area contributed by atoms with Crippen LogP contribution in [-0.4, -0.2) is 36.8 Å². The Morgan fingerprint density at radius 2 is 1.89 bits per heavy atom. The van der Waals surface area contributed by atoms with Crippen LogP contribution in [0, 0.1) is 17.2 Å². The number of hydrogen-bond donors (Lipinski definition) is 1. The van der Waals surface area contributed by atoms with Gasteiger partial charge in [-0.2, -0.15) is 40.7 Å². The van der Waals surface area contributed by atoms with Crippen LogP contribution in [0.25, 0.3) is 21.7 Å². The first-order chi connectivity index (χ1) is 16.9. The molecule has 1 aromatic heterocycles. The lowest BCUT2D eigenvalue weighted by Crippen LogP contribution is -2.38. The fourth-order valence-corrected chi connectivity index (χ4v) is 5.70. The first kappa shape index (κ1) is 28.4. The molecule has 2 heterocycles. The van der Waals surface area contributed by atoms with Crippen molar-refractivity contribution in [3.8, 4) is 11.8 Å². The number of amides is 1. The molecular weight excluding hydrogens is 527 g/mol. The van der Waals surface area contributed by atoms with Gasteiger partial charge in [0.1, 0.15) is 16.7 Å². The van der Waals surface area contributed by atoms with E-state index in [9.17, 15) is 18.5 Å². The molecule has 1 saturated heterocycles. The number of fused-ring (bicyclic) bond motifs is 2. The maximum Gasteiger partial charge on any atom is 0.339 e. The monoisotopic (exact) mass is 555 g/mol. The number of carbonyl (C=O) groups excluding carboxylic acids is 1. The molecule has 1 aliphatic heterocycles. The first-order valence-corrected chi connectivity index (χ1v) is 13.0. The largest absolute Gasteiger partial charge is 0.379 e. The number of aromatic nitrogens is 1. The van der Waals surface area contributed by atoms with Crippen molar-refractivity contribution in [2.24, 2.45) is 5.92 Å². The van der Waals surface area contributed by atoms with E-state index in [-0.39, 0.29) is 55.5 Å². The number of rotatable bonds is 6. The zero-order valence-corrected chi connectivity index (χ0v) is 23.1. The van der Waals surface area contributed by atoms with Crippen molar-refractivity contribution in [2.45, 2.75) is 37.1 Å². The van der Waals surface area contributed by atoms with Crippen LogP contribution in [0.2, 0.25) is 0 Å². The molecule has 194 valence electrons. The highest BCUT2D eigenvalue weighted by Crippen LogP contribution is 2.29. The molecule has 0 spiro atoms. The van der Waals surface area contributed by atoms with E-state index in [1.807, 2.05) is 37.4 Å². The molecule has 10 heteroatoms. The number of benzene rings is 3. The maximum absolute atomic E-state index is 13.0. The van der Waals surface area contributed by atoms with Gasteiger partial charge in [-0.1, -0.05) is 37.3 Å². The maximum atomic E-state index is 13.0. The Morgan fingerprint density at radius 1 is 1.14 bits per heavy atom. The van der Waals surface area contributed by atoms with Crippen molar-refractivity contribution < 1.29 is 17.4 Å². The second-order valence-electron chi connectivity index (χ2n) is 8.99. The van der Waals surface area contributed by atoms with E-state index in [4.69, 9.17) is 4.18 Å². The average molecular weight is 556 g/mol. The Hall–Kier alpha value is -3.13. The van der Waals surface area contributed by atoms with Crippen LogP contribution in [0.5, 0.6) is 5.75 Å². The number of likely N-dealkylation sites (tertiary alicyclic amines) is 1. The molecule has 0 saturated carbocycles. The van der Waals surface area contributed by atoms with Gasteiger partial charge in [-0.25, -0.2) is 0 Å². The number of H-pyrrole nitrogens is 1. The Morgan fingerprint density at radius 3 is 2.65 bits per heavy atom. The van der Waals surface area contributed by atoms with Crippen LogP contribution in [-0.2, 0) is 21.3 Å². The van der Waals surface area contributed by atoms with Gasteiger partial charge in [-0.05, 0) is 65.9 Å². The van der Waals surface area contributed by atoms with E-state index in [0.717, 1.165) is 33.7 Å². The van der Waals surface area contributed by atoms with Gasteiger partial charge in [0.2, 0.25) is 5.91 Å². The number of aromatic amines is 1. The van der Waals surface area contributed by atoms with Crippen LogP contribution in [0.4, 0.5) is 0 Å². The van der Waals surface area contributed by atoms with E-state index in [1.165, 1.54) is 6.07 Å². The molecule has 1 fully saturated rings. The third-order valence-electron chi connectivity index (χ3n) is 6.59. The van der Waals surface area contributed by atoms with Crippen LogP contribution in [0.1, 0.15) is 25.3 Å². The van der Waals surface area contributed by atoms with Crippen molar-refractivity contribution in [1.82, 2.24) is 9.88 Å². The molecule has 0 bridgehead atoms. The summed E-state index contributed by atoms with van der Waals surface area (Å²) in [6.45, 7) is 2.47. The number of carbonyl (C=O) groups is 1. The zero-order chi connectivity index (χ0) is 24.6. The predicted molar refractivity (Wildman–Crippen MR) is 154 cm³/mol. The molecule has 37 heavy (non-hydrogen) atoms. The van der Waals surface area contributed by atoms with Gasteiger partial charge in [0.25, 0.3) is 0 Å². The average Bonchev–Trinajstić information content (AvgIpc) is 3.50. The van der Waals surface area contributed by atoms with Crippen LogP contribution in [0.3, 0.4) is 0 Å². The standard InChI is InChI=1S/C27H25N3O4S.2H2S/c1-18(27(31)30-12-4-7-22(30)16-28)13-21-17-29-26-11-9-23(15-25(21)26)34-35(32,33)24-10-8-19-5-2-3-6-20(19)14-24;;/h2-3,5-6,8-11,14-15,17-18,22,29H,4,7,12-13H2,1H3;2*1H2/t18?,22-;;/m0../s1. The van der Waals surface area contributed by atoms with E-state index in [0.29, 0.717) is 19.4 Å². The number of nitrogens with one attached hydrogen (secondary N) is 1. The summed E-state index contributed by atoms with van der Waals surface area (Å²) in [5.41, 5.74) is 1.72. The lowest BCUT2D eigenvalue weighted by atomic mass is 9.99. The van der Waals surface area contributed by atoms with Gasteiger partial charge < -0.3 is 14.1 Å². The molecule has 7 nitrogen and oxygen atoms in total. The Labute approximate surface area is 230 Å². The molecule has 3 aromatic carbocycles. The van der Waals surface area contributed by atoms with Gasteiger partial charge in [0.15, 0.2) is 0 Å². The molecule has 5 rings (SSSR count). The first-order valence-electron chi connectivity index (χ1n) is 11.6. The Balaban J connectivity index is 0.00000190. The Kier molecular flexibility index (Phi) is 8.84. The van der Waals surface area contributed by atoms with Gasteiger partial charge in [-0.3, -0.25) is 4.79 Å². The molecule has 1 aliphatic rings. The summed E-state index contributed by atoms with van der Waals surface area (Å²) >= 11 is 0. The third kappa shape index (κ3) is 5.74. The summed E-state index contributed by atoms with van der Waals surface area (Å²) in [4.78, 5) is 17.9. The van der Waals surface area contributed by atoms with Gasteiger partial charge in [0.05, 0.1) is 6.07 Å². The molecule has 0 radical (unpaired) electrons. The quantitative estimate of drug-likeness (QED) is 0.337. The van der Waals surface area contributed by atoms with Gasteiger partial charge in [-0.15, -0.1) is 0 Å². The summed E-state index contributed by atoms with van der Waals surface area (Å²) in [7, 11) is -4.03. The van der Waals surface area contributed by atoms with Gasteiger partial charge >= 0.3 is 10.1 Å². The second-order valence-corrected chi connectivity index (χ2v) is 10.5.